The van der Waals surface area contributed by atoms with Crippen LogP contribution in [-0.4, -0.2) is 19.7 Å². The Morgan fingerprint density at radius 2 is 1.70 bits per heavy atom. The number of nitrogens with two attached hydrogens (primary N) is 1. The molecule has 1 aliphatic rings. The minimum atomic E-state index is -0.932. The van der Waals surface area contributed by atoms with E-state index in [0.717, 1.165) is 25.0 Å². The summed E-state index contributed by atoms with van der Waals surface area (Å²) >= 11 is 0. The van der Waals surface area contributed by atoms with Gasteiger partial charge in [0.1, 0.15) is 17.8 Å². The minimum Gasteiger partial charge on any atom is -0.383 e. The van der Waals surface area contributed by atoms with E-state index >= 15 is 0 Å². The average Bonchev–Trinajstić information content (AvgIpc) is 3.26. The molecule has 0 atom stereocenters. The van der Waals surface area contributed by atoms with Crippen LogP contribution in [0.4, 0.5) is 14.6 Å². The first kappa shape index (κ1) is 15.9. The van der Waals surface area contributed by atoms with Gasteiger partial charge < -0.3 is 5.73 Å². The lowest BCUT2D eigenvalue weighted by atomic mass is 10.1. The van der Waals surface area contributed by atoms with Gasteiger partial charge in [-0.15, -0.1) is 0 Å². The van der Waals surface area contributed by atoms with Crippen LogP contribution in [-0.2, 0) is 12.8 Å². The number of nitrogens with zero attached hydrogens (tertiary/aromatic N) is 4. The molecule has 5 nitrogen and oxygen atoms in total. The summed E-state index contributed by atoms with van der Waals surface area (Å²) in [6, 6.07) is 12.0. The molecule has 7 heteroatoms. The second kappa shape index (κ2) is 5.84. The van der Waals surface area contributed by atoms with Crippen molar-refractivity contribution in [3.63, 3.8) is 0 Å². The Labute approximate surface area is 153 Å². The molecule has 1 aliphatic carbocycles. The Morgan fingerprint density at radius 3 is 2.41 bits per heavy atom. The molecular formula is C20H15F2N5. The number of hydrogen-bond acceptors (Lipinski definition) is 4. The third-order valence-corrected chi connectivity index (χ3v) is 5.09. The Morgan fingerprint density at radius 1 is 0.963 bits per heavy atom. The lowest BCUT2D eigenvalue weighted by Gasteiger charge is -2.10. The maximum atomic E-state index is 13.8. The van der Waals surface area contributed by atoms with Crippen molar-refractivity contribution in [3.8, 4) is 11.3 Å². The molecule has 5 rings (SSSR count). The highest BCUT2D eigenvalue weighted by molar-refractivity contribution is 5.98. The van der Waals surface area contributed by atoms with E-state index in [1.807, 2.05) is 16.8 Å². The maximum Gasteiger partial charge on any atom is 0.164 e. The minimum absolute atomic E-state index is 0.0817. The van der Waals surface area contributed by atoms with Crippen molar-refractivity contribution in [1.29, 1.82) is 0 Å². The maximum absolute atomic E-state index is 13.8. The molecule has 2 aromatic carbocycles. The molecule has 2 heterocycles. The van der Waals surface area contributed by atoms with Crippen LogP contribution in [0.25, 0.3) is 22.3 Å². The zero-order valence-corrected chi connectivity index (χ0v) is 14.2. The number of hydrogen-bond donors (Lipinski definition) is 1. The molecule has 0 bridgehead atoms. The molecule has 0 unspecified atom stereocenters. The van der Waals surface area contributed by atoms with Gasteiger partial charge in [0.2, 0.25) is 0 Å². The van der Waals surface area contributed by atoms with E-state index in [1.165, 1.54) is 23.5 Å². The summed E-state index contributed by atoms with van der Waals surface area (Å²) in [4.78, 5) is 8.44. The lowest BCUT2D eigenvalue weighted by molar-refractivity contribution is 0.488. The van der Waals surface area contributed by atoms with Crippen LogP contribution in [0.1, 0.15) is 17.2 Å². The number of halogens is 2. The second-order valence-electron chi connectivity index (χ2n) is 6.71. The second-order valence-corrected chi connectivity index (χ2v) is 6.71. The predicted octanol–water partition coefficient (Wildman–Crippen LogP) is 3.69. The summed E-state index contributed by atoms with van der Waals surface area (Å²) < 4.78 is 29.0. The van der Waals surface area contributed by atoms with Crippen molar-refractivity contribution >= 4 is 16.9 Å². The SMILES string of the molecule is Nc1ncnc2c1c(-c1ccc(F)c(F)c1)nn2C1Cc2ccccc2C1. The monoisotopic (exact) mass is 363 g/mol. The molecule has 0 radical (unpaired) electrons. The lowest BCUT2D eigenvalue weighted by Crippen LogP contribution is -2.11. The van der Waals surface area contributed by atoms with E-state index in [1.54, 1.807) is 0 Å². The summed E-state index contributed by atoms with van der Waals surface area (Å²) in [7, 11) is 0. The van der Waals surface area contributed by atoms with Gasteiger partial charge in [-0.3, -0.25) is 0 Å². The molecule has 0 amide bonds. The third kappa shape index (κ3) is 2.46. The molecule has 27 heavy (non-hydrogen) atoms. The fourth-order valence-electron chi connectivity index (χ4n) is 3.80. The van der Waals surface area contributed by atoms with Crippen molar-refractivity contribution in [3.05, 3.63) is 71.6 Å². The highest BCUT2D eigenvalue weighted by Gasteiger charge is 2.27. The van der Waals surface area contributed by atoms with Crippen molar-refractivity contribution in [1.82, 2.24) is 19.7 Å². The number of nitrogen functional groups attached to an aromatic ring is 1. The number of benzene rings is 2. The molecule has 2 aromatic heterocycles. The number of rotatable bonds is 2. The Kier molecular flexibility index (Phi) is 3.43. The zero-order chi connectivity index (χ0) is 18.5. The van der Waals surface area contributed by atoms with E-state index in [9.17, 15) is 8.78 Å². The fourth-order valence-corrected chi connectivity index (χ4v) is 3.80. The van der Waals surface area contributed by atoms with Crippen LogP contribution in [0, 0.1) is 11.6 Å². The zero-order valence-electron chi connectivity index (χ0n) is 14.2. The number of anilines is 1. The van der Waals surface area contributed by atoms with Gasteiger partial charge in [-0.1, -0.05) is 24.3 Å². The van der Waals surface area contributed by atoms with Crippen molar-refractivity contribution in [2.45, 2.75) is 18.9 Å². The van der Waals surface area contributed by atoms with E-state index < -0.39 is 11.6 Å². The first-order valence-electron chi connectivity index (χ1n) is 8.62. The van der Waals surface area contributed by atoms with Gasteiger partial charge in [-0.05, 0) is 42.2 Å². The Hall–Kier alpha value is -3.35. The summed E-state index contributed by atoms with van der Waals surface area (Å²) in [5.74, 6) is -1.57. The van der Waals surface area contributed by atoms with Crippen LogP contribution < -0.4 is 5.73 Å². The van der Waals surface area contributed by atoms with Crippen LogP contribution in [0.5, 0.6) is 0 Å². The Bertz CT molecular complexity index is 1160. The molecule has 2 N–H and O–H groups in total. The molecule has 4 aromatic rings. The van der Waals surface area contributed by atoms with Gasteiger partial charge in [0.05, 0.1) is 11.4 Å². The largest absolute Gasteiger partial charge is 0.383 e. The van der Waals surface area contributed by atoms with E-state index in [-0.39, 0.29) is 11.9 Å². The molecule has 0 saturated carbocycles. The molecular weight excluding hydrogens is 348 g/mol. The quantitative estimate of drug-likeness (QED) is 0.590. The topological polar surface area (TPSA) is 69.6 Å². The normalized spacial score (nSPS) is 14.0. The molecule has 0 saturated heterocycles. The smallest absolute Gasteiger partial charge is 0.164 e. The van der Waals surface area contributed by atoms with Crippen molar-refractivity contribution in [2.24, 2.45) is 0 Å². The highest BCUT2D eigenvalue weighted by Crippen LogP contribution is 2.36. The van der Waals surface area contributed by atoms with E-state index in [2.05, 4.69) is 22.1 Å². The average molecular weight is 363 g/mol. The molecule has 134 valence electrons. The fraction of sp³-hybridized carbons (Fsp3) is 0.150. The first-order valence-corrected chi connectivity index (χ1v) is 8.62. The summed E-state index contributed by atoms with van der Waals surface area (Å²) in [6.45, 7) is 0. The van der Waals surface area contributed by atoms with Crippen molar-refractivity contribution in [2.75, 3.05) is 5.73 Å². The van der Waals surface area contributed by atoms with Gasteiger partial charge >= 0.3 is 0 Å². The molecule has 0 spiro atoms. The van der Waals surface area contributed by atoms with E-state index in [4.69, 9.17) is 10.8 Å². The van der Waals surface area contributed by atoms with Crippen LogP contribution in [0.15, 0.2) is 48.8 Å². The highest BCUT2D eigenvalue weighted by atomic mass is 19.2. The van der Waals surface area contributed by atoms with Crippen LogP contribution >= 0.6 is 0 Å². The standard InChI is InChI=1S/C20H15F2N5/c21-15-6-5-13(9-16(15)22)18-17-19(23)24-10-25-20(17)27(26-18)14-7-11-3-1-2-4-12(11)8-14/h1-6,9-10,14H,7-8H2,(H2,23,24,25). The summed E-state index contributed by atoms with van der Waals surface area (Å²) in [6.07, 6.45) is 3.05. The number of fused-ring (bicyclic) bond motifs is 2. The van der Waals surface area contributed by atoms with Gasteiger partial charge in [-0.25, -0.2) is 23.4 Å². The van der Waals surface area contributed by atoms with Crippen LogP contribution in [0.3, 0.4) is 0 Å². The summed E-state index contributed by atoms with van der Waals surface area (Å²) in [5.41, 5.74) is 10.1. The third-order valence-electron chi connectivity index (χ3n) is 5.09. The molecule has 0 aliphatic heterocycles. The van der Waals surface area contributed by atoms with Gasteiger partial charge in [0.25, 0.3) is 0 Å². The summed E-state index contributed by atoms with van der Waals surface area (Å²) in [5, 5.41) is 5.26. The molecule has 0 fully saturated rings. The first-order chi connectivity index (χ1) is 13.1. The van der Waals surface area contributed by atoms with Crippen LogP contribution in [0.2, 0.25) is 0 Å². The Balaban J connectivity index is 1.69. The van der Waals surface area contributed by atoms with Gasteiger partial charge in [0.15, 0.2) is 17.3 Å². The van der Waals surface area contributed by atoms with E-state index in [0.29, 0.717) is 22.3 Å². The predicted molar refractivity (Wildman–Crippen MR) is 98.0 cm³/mol. The van der Waals surface area contributed by atoms with Gasteiger partial charge in [-0.2, -0.15) is 5.10 Å². The van der Waals surface area contributed by atoms with Crippen molar-refractivity contribution < 1.29 is 8.78 Å². The van der Waals surface area contributed by atoms with Gasteiger partial charge in [0, 0.05) is 5.56 Å². The number of aromatic nitrogens is 4.